The van der Waals surface area contributed by atoms with E-state index < -0.39 is 0 Å². The Morgan fingerprint density at radius 2 is 2.18 bits per heavy atom. The summed E-state index contributed by atoms with van der Waals surface area (Å²) in [5, 5.41) is 3.97. The first-order valence-corrected chi connectivity index (χ1v) is 7.23. The van der Waals surface area contributed by atoms with Gasteiger partial charge in [-0.2, -0.15) is 0 Å². The quantitative estimate of drug-likeness (QED) is 0.726. The molecule has 0 amide bonds. The minimum atomic E-state index is -0.00928. The third-order valence-corrected chi connectivity index (χ3v) is 4.34. The number of rotatable bonds is 3. The maximum absolute atomic E-state index is 6.05. The second-order valence-corrected chi connectivity index (χ2v) is 5.97. The second kappa shape index (κ2) is 5.73. The minimum absolute atomic E-state index is 0.00928. The van der Waals surface area contributed by atoms with Crippen molar-refractivity contribution in [3.63, 3.8) is 0 Å². The number of halogens is 3. The molecule has 0 aliphatic carbocycles. The highest BCUT2D eigenvalue weighted by Crippen LogP contribution is 2.32. The van der Waals surface area contributed by atoms with Crippen molar-refractivity contribution < 1.29 is 4.42 Å². The SMILES string of the molecule is CNC(c1cc(Cl)ccc1I)c1occc1Br. The maximum Gasteiger partial charge on any atom is 0.139 e. The van der Waals surface area contributed by atoms with Crippen molar-refractivity contribution in [1.29, 1.82) is 0 Å². The standard InChI is InChI=1S/C12H10BrClINO/c1-16-11(12-9(13)4-5-17-12)8-6-7(14)2-3-10(8)15/h2-6,11,16H,1H3. The Balaban J connectivity index is 2.49. The van der Waals surface area contributed by atoms with Crippen molar-refractivity contribution in [2.24, 2.45) is 0 Å². The molecule has 0 fully saturated rings. The zero-order valence-corrected chi connectivity index (χ0v) is 13.5. The van der Waals surface area contributed by atoms with Crippen LogP contribution in [0.4, 0.5) is 0 Å². The molecule has 2 rings (SSSR count). The average molecular weight is 426 g/mol. The van der Waals surface area contributed by atoms with Crippen LogP contribution in [0.3, 0.4) is 0 Å². The maximum atomic E-state index is 6.05. The van der Waals surface area contributed by atoms with Crippen LogP contribution in [0, 0.1) is 3.57 Å². The molecule has 0 aliphatic rings. The molecule has 2 nitrogen and oxygen atoms in total. The first kappa shape index (κ1) is 13.4. The van der Waals surface area contributed by atoms with E-state index in [1.165, 1.54) is 0 Å². The van der Waals surface area contributed by atoms with Crippen LogP contribution in [0.5, 0.6) is 0 Å². The molecular weight excluding hydrogens is 416 g/mol. The van der Waals surface area contributed by atoms with Gasteiger partial charge in [-0.15, -0.1) is 0 Å². The van der Waals surface area contributed by atoms with Crippen molar-refractivity contribution in [2.75, 3.05) is 7.05 Å². The molecule has 0 saturated heterocycles. The van der Waals surface area contributed by atoms with Crippen LogP contribution in [0.2, 0.25) is 5.02 Å². The molecule has 1 atom stereocenters. The molecule has 1 aromatic heterocycles. The summed E-state index contributed by atoms with van der Waals surface area (Å²) in [5.41, 5.74) is 1.11. The number of benzene rings is 1. The summed E-state index contributed by atoms with van der Waals surface area (Å²) in [6.45, 7) is 0. The van der Waals surface area contributed by atoms with Gasteiger partial charge >= 0.3 is 0 Å². The van der Waals surface area contributed by atoms with Crippen LogP contribution in [-0.4, -0.2) is 7.05 Å². The van der Waals surface area contributed by atoms with Crippen LogP contribution in [0.25, 0.3) is 0 Å². The molecule has 0 bridgehead atoms. The Bertz CT molecular complexity index is 529. The van der Waals surface area contributed by atoms with Crippen LogP contribution < -0.4 is 5.32 Å². The molecule has 0 saturated carbocycles. The van der Waals surface area contributed by atoms with Gasteiger partial charge in [0.25, 0.3) is 0 Å². The van der Waals surface area contributed by atoms with Crippen molar-refractivity contribution in [2.45, 2.75) is 6.04 Å². The molecule has 1 heterocycles. The predicted molar refractivity (Wildman–Crippen MR) is 81.5 cm³/mol. The summed E-state index contributed by atoms with van der Waals surface area (Å²) < 4.78 is 7.61. The van der Waals surface area contributed by atoms with Gasteiger partial charge in [0.1, 0.15) is 5.76 Å². The van der Waals surface area contributed by atoms with Crippen molar-refractivity contribution >= 4 is 50.1 Å². The summed E-state index contributed by atoms with van der Waals surface area (Å²) >= 11 is 11.8. The number of nitrogens with one attached hydrogen (secondary N) is 1. The minimum Gasteiger partial charge on any atom is -0.466 e. The lowest BCUT2D eigenvalue weighted by Crippen LogP contribution is -2.18. The average Bonchev–Trinajstić information content (AvgIpc) is 2.71. The summed E-state index contributed by atoms with van der Waals surface area (Å²) in [6.07, 6.45) is 1.67. The van der Waals surface area contributed by atoms with Crippen LogP contribution in [0.15, 0.2) is 39.4 Å². The van der Waals surface area contributed by atoms with Crippen molar-refractivity contribution in [1.82, 2.24) is 5.32 Å². The topological polar surface area (TPSA) is 25.2 Å². The highest BCUT2D eigenvalue weighted by molar-refractivity contribution is 14.1. The molecule has 17 heavy (non-hydrogen) atoms. The fraction of sp³-hybridized carbons (Fsp3) is 0.167. The summed E-state index contributed by atoms with van der Waals surface area (Å²) in [4.78, 5) is 0. The van der Waals surface area contributed by atoms with E-state index in [-0.39, 0.29) is 6.04 Å². The smallest absolute Gasteiger partial charge is 0.139 e. The fourth-order valence-electron chi connectivity index (χ4n) is 1.68. The molecule has 0 spiro atoms. The van der Waals surface area contributed by atoms with Gasteiger partial charge in [0.2, 0.25) is 0 Å². The third kappa shape index (κ3) is 2.86. The summed E-state index contributed by atoms with van der Waals surface area (Å²) in [7, 11) is 1.90. The van der Waals surface area contributed by atoms with Crippen LogP contribution in [0.1, 0.15) is 17.4 Å². The van der Waals surface area contributed by atoms with Gasteiger partial charge in [0.15, 0.2) is 0 Å². The Labute approximate surface area is 127 Å². The van der Waals surface area contributed by atoms with E-state index >= 15 is 0 Å². The van der Waals surface area contributed by atoms with Gasteiger partial charge in [-0.05, 0) is 75.4 Å². The Morgan fingerprint density at radius 3 is 2.76 bits per heavy atom. The number of furan rings is 1. The number of hydrogen-bond acceptors (Lipinski definition) is 2. The fourth-order valence-corrected chi connectivity index (χ4v) is 2.93. The van der Waals surface area contributed by atoms with E-state index in [0.29, 0.717) is 0 Å². The molecule has 1 N–H and O–H groups in total. The van der Waals surface area contributed by atoms with Gasteiger partial charge in [-0.3, -0.25) is 0 Å². The normalized spacial score (nSPS) is 12.7. The second-order valence-electron chi connectivity index (χ2n) is 3.52. The lowest BCUT2D eigenvalue weighted by molar-refractivity contribution is 0.460. The molecule has 90 valence electrons. The highest BCUT2D eigenvalue weighted by Gasteiger charge is 2.20. The Hall–Kier alpha value is -0.0400. The van der Waals surface area contributed by atoms with Crippen molar-refractivity contribution in [3.05, 3.63) is 54.9 Å². The van der Waals surface area contributed by atoms with E-state index in [1.807, 2.05) is 31.3 Å². The van der Waals surface area contributed by atoms with E-state index in [9.17, 15) is 0 Å². The Kier molecular flexibility index (Phi) is 4.52. The van der Waals surface area contributed by atoms with E-state index in [4.69, 9.17) is 16.0 Å². The summed E-state index contributed by atoms with van der Waals surface area (Å²) in [6, 6.07) is 7.72. The molecule has 2 aromatic rings. The van der Waals surface area contributed by atoms with E-state index in [1.54, 1.807) is 6.26 Å². The number of hydrogen-bond donors (Lipinski definition) is 1. The molecule has 5 heteroatoms. The molecular formula is C12H10BrClINO. The van der Waals surface area contributed by atoms with Crippen LogP contribution >= 0.6 is 50.1 Å². The van der Waals surface area contributed by atoms with Gasteiger partial charge < -0.3 is 9.73 Å². The zero-order chi connectivity index (χ0) is 12.4. The first-order valence-electron chi connectivity index (χ1n) is 4.98. The lowest BCUT2D eigenvalue weighted by atomic mass is 10.1. The largest absolute Gasteiger partial charge is 0.466 e. The first-order chi connectivity index (χ1) is 8.13. The third-order valence-electron chi connectivity index (χ3n) is 2.46. The predicted octanol–water partition coefficient (Wildman–Crippen LogP) is 4.61. The monoisotopic (exact) mass is 425 g/mol. The molecule has 0 radical (unpaired) electrons. The van der Waals surface area contributed by atoms with Crippen molar-refractivity contribution in [3.8, 4) is 0 Å². The van der Waals surface area contributed by atoms with E-state index in [2.05, 4.69) is 43.8 Å². The molecule has 0 aliphatic heterocycles. The summed E-state index contributed by atoms with van der Waals surface area (Å²) in [5.74, 6) is 0.854. The lowest BCUT2D eigenvalue weighted by Gasteiger charge is -2.16. The van der Waals surface area contributed by atoms with E-state index in [0.717, 1.165) is 24.4 Å². The molecule has 1 aromatic carbocycles. The van der Waals surface area contributed by atoms with Gasteiger partial charge in [0.05, 0.1) is 16.8 Å². The van der Waals surface area contributed by atoms with Crippen LogP contribution in [-0.2, 0) is 0 Å². The van der Waals surface area contributed by atoms with Gasteiger partial charge in [-0.25, -0.2) is 0 Å². The Morgan fingerprint density at radius 1 is 1.41 bits per heavy atom. The van der Waals surface area contributed by atoms with Gasteiger partial charge in [0, 0.05) is 8.59 Å². The highest BCUT2D eigenvalue weighted by atomic mass is 127. The molecule has 1 unspecified atom stereocenters. The zero-order valence-electron chi connectivity index (χ0n) is 9.01. The van der Waals surface area contributed by atoms with Gasteiger partial charge in [-0.1, -0.05) is 11.6 Å².